The molecule has 3 heterocycles. The third kappa shape index (κ3) is 15.9. The van der Waals surface area contributed by atoms with E-state index in [1.165, 1.54) is 47.9 Å². The van der Waals surface area contributed by atoms with Crippen LogP contribution in [0.3, 0.4) is 0 Å². The van der Waals surface area contributed by atoms with Crippen molar-refractivity contribution in [3.8, 4) is 0 Å². The van der Waals surface area contributed by atoms with E-state index in [9.17, 15) is 24.0 Å². The summed E-state index contributed by atoms with van der Waals surface area (Å²) in [6.45, 7) is 21.5. The van der Waals surface area contributed by atoms with Crippen LogP contribution in [0.2, 0.25) is 0 Å². The quantitative estimate of drug-likeness (QED) is 0.581. The molecule has 10 nitrogen and oxygen atoms in total. The summed E-state index contributed by atoms with van der Waals surface area (Å²) >= 11 is 0. The van der Waals surface area contributed by atoms with Crippen LogP contribution in [-0.4, -0.2) is 103 Å². The molecule has 1 aromatic heterocycles. The summed E-state index contributed by atoms with van der Waals surface area (Å²) in [5.41, 5.74) is 7.04. The Morgan fingerprint density at radius 1 is 0.833 bits per heavy atom. The van der Waals surface area contributed by atoms with Gasteiger partial charge in [0.05, 0.1) is 6.67 Å². The molecule has 1 fully saturated rings. The minimum absolute atomic E-state index is 0.0434. The molecule has 0 spiro atoms. The van der Waals surface area contributed by atoms with E-state index in [2.05, 4.69) is 19.4 Å². The molecule has 2 aliphatic heterocycles. The third-order valence-corrected chi connectivity index (χ3v) is 5.09. The summed E-state index contributed by atoms with van der Waals surface area (Å²) in [7, 11) is 3.31. The number of amides is 5. The molecular formula is C23H42B3N5O5. The second-order valence-electron chi connectivity index (χ2n) is 8.19. The number of nitrogens with two attached hydrogens (primary N) is 1. The minimum Gasteiger partial charge on any atom is -0.370 e. The van der Waals surface area contributed by atoms with Gasteiger partial charge in [-0.15, -0.1) is 0 Å². The van der Waals surface area contributed by atoms with E-state index >= 15 is 0 Å². The van der Waals surface area contributed by atoms with Gasteiger partial charge in [-0.25, -0.2) is 0 Å². The molecule has 0 atom stereocenters. The molecule has 0 bridgehead atoms. The monoisotopic (exact) mass is 501 g/mol. The molecule has 0 saturated carbocycles. The Morgan fingerprint density at radius 3 is 1.53 bits per heavy atom. The van der Waals surface area contributed by atoms with Gasteiger partial charge >= 0.3 is 72.9 Å². The predicted molar refractivity (Wildman–Crippen MR) is 145 cm³/mol. The zero-order chi connectivity index (χ0) is 28.4. The molecule has 1 saturated heterocycles. The van der Waals surface area contributed by atoms with Gasteiger partial charge in [-0.3, -0.25) is 19.2 Å². The maximum absolute atomic E-state index is 11.0. The first-order valence-electron chi connectivity index (χ1n) is 12.0. The summed E-state index contributed by atoms with van der Waals surface area (Å²) < 4.78 is 0. The van der Waals surface area contributed by atoms with E-state index < -0.39 is 0 Å². The van der Waals surface area contributed by atoms with E-state index in [-0.39, 0.29) is 29.5 Å². The van der Waals surface area contributed by atoms with Crippen LogP contribution in [0.4, 0.5) is 0 Å². The first-order valence-corrected chi connectivity index (χ1v) is 12.0. The normalized spacial score (nSPS) is 11.8. The number of hydrogen-bond donors (Lipinski definition) is 1. The van der Waals surface area contributed by atoms with Gasteiger partial charge in [-0.05, 0) is 6.42 Å². The summed E-state index contributed by atoms with van der Waals surface area (Å²) in [6.07, 6.45) is 1.19. The van der Waals surface area contributed by atoms with Gasteiger partial charge in [0.25, 0.3) is 0 Å². The Bertz CT molecular complexity index is 821. The van der Waals surface area contributed by atoms with Crippen LogP contribution in [0, 0.1) is 0 Å². The third-order valence-electron chi connectivity index (χ3n) is 5.09. The molecule has 13 heteroatoms. The molecule has 198 valence electrons. The maximum Gasteiger partial charge on any atom is 0.214 e. The second-order valence-corrected chi connectivity index (χ2v) is 8.19. The molecule has 5 amide bonds. The smallest absolute Gasteiger partial charge is 0.214 e. The number of fused-ring (bicyclic) bond motifs is 1. The topological polar surface area (TPSA) is 124 Å². The zero-order valence-corrected chi connectivity index (χ0v) is 23.5. The van der Waals surface area contributed by atoms with Crippen molar-refractivity contribution in [2.45, 2.75) is 68.0 Å². The van der Waals surface area contributed by atoms with Gasteiger partial charge in [0.2, 0.25) is 23.6 Å². The molecule has 0 aromatic carbocycles. The Hall–Kier alpha value is -2.85. The molecular weight excluding hydrogens is 459 g/mol. The van der Waals surface area contributed by atoms with E-state index in [0.29, 0.717) is 6.67 Å². The molecule has 0 radical (unpaired) electrons. The van der Waals surface area contributed by atoms with Crippen molar-refractivity contribution in [1.82, 2.24) is 19.6 Å². The fourth-order valence-electron chi connectivity index (χ4n) is 2.70. The largest absolute Gasteiger partial charge is 0.370 e. The first-order chi connectivity index (χ1) is 16.8. The SMILES string of the molecule is CC.CC(=O)N(C)CN(C)C(C)=O.CC(=O)N1CCC1.CC(=O)N1Cc2bbcbc2C1.CC(N)=O. The number of primary amides is 1. The molecule has 36 heavy (non-hydrogen) atoms. The van der Waals surface area contributed by atoms with Gasteiger partial charge in [0.15, 0.2) is 0 Å². The van der Waals surface area contributed by atoms with Crippen LogP contribution in [0.1, 0.15) is 65.8 Å². The average molecular weight is 501 g/mol. The van der Waals surface area contributed by atoms with Crippen molar-refractivity contribution in [3.63, 3.8) is 0 Å². The van der Waals surface area contributed by atoms with Crippen molar-refractivity contribution in [3.05, 3.63) is 16.8 Å². The number of hydrogen-bond acceptors (Lipinski definition) is 5. The van der Waals surface area contributed by atoms with Crippen LogP contribution in [0.5, 0.6) is 0 Å². The van der Waals surface area contributed by atoms with Crippen molar-refractivity contribution < 1.29 is 24.0 Å². The van der Waals surface area contributed by atoms with Crippen LogP contribution < -0.4 is 5.73 Å². The number of nitrogens with zero attached hydrogens (tertiary/aromatic N) is 4. The van der Waals surface area contributed by atoms with E-state index in [1.54, 1.807) is 27.9 Å². The van der Waals surface area contributed by atoms with Crippen molar-refractivity contribution >= 4 is 50.0 Å². The van der Waals surface area contributed by atoms with Gasteiger partial charge in [0.1, 0.15) is 0 Å². The number of carbonyl (C=O) groups excluding carboxylic acids is 5. The van der Waals surface area contributed by atoms with E-state index in [1.807, 2.05) is 36.3 Å². The van der Waals surface area contributed by atoms with Crippen LogP contribution >= 0.6 is 0 Å². The predicted octanol–water partition coefficient (Wildman–Crippen LogP) is 0.220. The van der Waals surface area contributed by atoms with Crippen molar-refractivity contribution in [2.75, 3.05) is 33.9 Å². The van der Waals surface area contributed by atoms with Crippen molar-refractivity contribution in [2.24, 2.45) is 5.73 Å². The van der Waals surface area contributed by atoms with E-state index in [4.69, 9.17) is 0 Å². The molecule has 2 N–H and O–H groups in total. The maximum atomic E-state index is 11.0. The van der Waals surface area contributed by atoms with Gasteiger partial charge in [-0.1, -0.05) is 13.8 Å². The summed E-state index contributed by atoms with van der Waals surface area (Å²) in [6, 6.07) is 0. The summed E-state index contributed by atoms with van der Waals surface area (Å²) in [4.78, 5) is 58.6. The second kappa shape index (κ2) is 19.4. The minimum atomic E-state index is -0.333. The fraction of sp³-hybridized carbons (Fsp3) is 0.652. The average Bonchev–Trinajstić information content (AvgIpc) is 3.18. The number of rotatable bonds is 2. The van der Waals surface area contributed by atoms with Gasteiger partial charge < -0.3 is 20.4 Å². The standard InChI is InChI=1S/C7H8B3NO.C7H14N2O2.C5H9NO.C2H5NO.C2H6/c1-5(12)11-2-6-7(3-11)10-9-4-8-6;1-6(10)8(3)5-9(4)7(2)11;1-5(7)6-3-2-4-6;1-2(3)4;1-2/h4H,2-3H2,1H3;5H2,1-4H3;2-4H2,1H3;1H3,(H2,3,4);1-2H3. The Kier molecular flexibility index (Phi) is 19.0. The van der Waals surface area contributed by atoms with Crippen LogP contribution in [-0.2, 0) is 37.1 Å². The molecule has 3 rings (SSSR count). The zero-order valence-electron chi connectivity index (χ0n) is 23.5. The van der Waals surface area contributed by atoms with Crippen LogP contribution in [0.25, 0.3) is 0 Å². The molecule has 1 aromatic rings. The van der Waals surface area contributed by atoms with Crippen molar-refractivity contribution in [1.29, 1.82) is 0 Å². The molecule has 2 aliphatic rings. The summed E-state index contributed by atoms with van der Waals surface area (Å²) in [5.74, 6) is 1.97. The van der Waals surface area contributed by atoms with Crippen LogP contribution in [0.15, 0.2) is 5.86 Å². The Balaban J connectivity index is 0. The Morgan fingerprint density at radius 2 is 1.25 bits per heavy atom. The molecule has 0 aliphatic carbocycles. The van der Waals surface area contributed by atoms with Gasteiger partial charge in [-0.2, -0.15) is 0 Å². The number of carbonyl (C=O) groups is 5. The molecule has 0 unspecified atom stereocenters. The summed E-state index contributed by atoms with van der Waals surface area (Å²) in [5, 5.41) is 0. The fourth-order valence-corrected chi connectivity index (χ4v) is 2.70. The number of likely N-dealkylation sites (tertiary alicyclic amines) is 1. The van der Waals surface area contributed by atoms with Gasteiger partial charge in [0, 0.05) is 54.9 Å². The van der Waals surface area contributed by atoms with E-state index in [0.717, 1.165) is 26.2 Å². The first kappa shape index (κ1) is 35.3. The Labute approximate surface area is 218 Å².